The fourth-order valence-electron chi connectivity index (χ4n) is 3.89. The topological polar surface area (TPSA) is 74.4 Å². The number of nitrogens with zero attached hydrogens (tertiary/aromatic N) is 1. The molecule has 0 atom stereocenters. The summed E-state index contributed by atoms with van der Waals surface area (Å²) in [5, 5.41) is 4.08. The summed E-state index contributed by atoms with van der Waals surface area (Å²) in [5.74, 6) is 0.689. The number of amides is 2. The van der Waals surface area contributed by atoms with Gasteiger partial charge in [-0.1, -0.05) is 36.4 Å². The summed E-state index contributed by atoms with van der Waals surface area (Å²) in [6.45, 7) is 1.70. The molecular weight excluding hydrogens is 390 g/mol. The monoisotopic (exact) mass is 417 g/mol. The Bertz CT molecular complexity index is 1100. The molecule has 2 amide bonds. The molecule has 0 saturated carbocycles. The molecule has 0 unspecified atom stereocenters. The molecule has 2 aromatic carbocycles. The van der Waals surface area contributed by atoms with Gasteiger partial charge in [0.15, 0.2) is 0 Å². The largest absolute Gasteiger partial charge is 0.497 e. The SMILES string of the molecule is COc1ccc(CNC(=O)CCC(=O)N2CC=C(c3c[nH]c4ccccc34)CC2)cc1. The highest BCUT2D eigenvalue weighted by atomic mass is 16.5. The number of ether oxygens (including phenoxy) is 1. The molecule has 1 aromatic heterocycles. The highest BCUT2D eigenvalue weighted by molar-refractivity contribution is 5.93. The van der Waals surface area contributed by atoms with Gasteiger partial charge < -0.3 is 19.9 Å². The second-order valence-corrected chi connectivity index (χ2v) is 7.69. The van der Waals surface area contributed by atoms with Crippen LogP contribution >= 0.6 is 0 Å². The van der Waals surface area contributed by atoms with Crippen LogP contribution in [-0.4, -0.2) is 41.9 Å². The minimum absolute atomic E-state index is 0.0221. The van der Waals surface area contributed by atoms with Crippen molar-refractivity contribution in [2.24, 2.45) is 0 Å². The van der Waals surface area contributed by atoms with Gasteiger partial charge in [0.05, 0.1) is 7.11 Å². The molecule has 3 aromatic rings. The lowest BCUT2D eigenvalue weighted by molar-refractivity contribution is -0.133. The maximum atomic E-state index is 12.5. The Labute approximate surface area is 181 Å². The zero-order valence-electron chi connectivity index (χ0n) is 17.7. The average Bonchev–Trinajstić information content (AvgIpc) is 3.26. The molecule has 0 fully saturated rings. The van der Waals surface area contributed by atoms with Gasteiger partial charge in [0, 0.05) is 55.1 Å². The van der Waals surface area contributed by atoms with Crippen molar-refractivity contribution in [1.82, 2.24) is 15.2 Å². The minimum atomic E-state index is -0.115. The van der Waals surface area contributed by atoms with Crippen LogP contribution in [0.5, 0.6) is 5.75 Å². The van der Waals surface area contributed by atoms with Crippen molar-refractivity contribution in [3.8, 4) is 5.75 Å². The molecule has 0 saturated heterocycles. The number of benzene rings is 2. The molecule has 31 heavy (non-hydrogen) atoms. The molecule has 1 aliphatic heterocycles. The zero-order chi connectivity index (χ0) is 21.6. The van der Waals surface area contributed by atoms with E-state index in [1.54, 1.807) is 7.11 Å². The van der Waals surface area contributed by atoms with E-state index in [0.717, 1.165) is 23.3 Å². The molecule has 2 N–H and O–H groups in total. The van der Waals surface area contributed by atoms with Gasteiger partial charge in [-0.3, -0.25) is 9.59 Å². The van der Waals surface area contributed by atoms with Crippen LogP contribution in [0.3, 0.4) is 0 Å². The predicted octanol–water partition coefficient (Wildman–Crippen LogP) is 3.89. The summed E-state index contributed by atoms with van der Waals surface area (Å²) in [7, 11) is 1.62. The number of carbonyl (C=O) groups excluding carboxylic acids is 2. The first-order valence-corrected chi connectivity index (χ1v) is 10.6. The molecule has 1 aliphatic rings. The van der Waals surface area contributed by atoms with Crippen molar-refractivity contribution in [2.45, 2.75) is 25.8 Å². The van der Waals surface area contributed by atoms with Gasteiger partial charge in [0.1, 0.15) is 5.75 Å². The van der Waals surface area contributed by atoms with Gasteiger partial charge in [-0.25, -0.2) is 0 Å². The van der Waals surface area contributed by atoms with E-state index >= 15 is 0 Å². The third-order valence-corrected chi connectivity index (χ3v) is 5.71. The maximum Gasteiger partial charge on any atom is 0.223 e. The Kier molecular flexibility index (Phi) is 6.36. The average molecular weight is 418 g/mol. The number of methoxy groups -OCH3 is 1. The number of aromatic amines is 1. The van der Waals surface area contributed by atoms with Crippen molar-refractivity contribution in [3.63, 3.8) is 0 Å². The molecule has 0 radical (unpaired) electrons. The highest BCUT2D eigenvalue weighted by Crippen LogP contribution is 2.29. The molecular formula is C25H27N3O3. The first kappa shape index (κ1) is 20.7. The number of fused-ring (bicyclic) bond motifs is 1. The smallest absolute Gasteiger partial charge is 0.223 e. The standard InChI is InChI=1S/C25H27N3O3/c1-31-20-8-6-18(7-9-20)16-27-24(29)10-11-25(30)28-14-12-19(13-15-28)22-17-26-23-5-3-2-4-21(22)23/h2-9,12,17,26H,10-11,13-16H2,1H3,(H,27,29). The van der Waals surface area contributed by atoms with Crippen molar-refractivity contribution in [1.29, 1.82) is 0 Å². The van der Waals surface area contributed by atoms with Crippen molar-refractivity contribution >= 4 is 28.3 Å². The summed E-state index contributed by atoms with van der Waals surface area (Å²) in [4.78, 5) is 29.8. The third-order valence-electron chi connectivity index (χ3n) is 5.71. The Morgan fingerprint density at radius 2 is 1.90 bits per heavy atom. The van der Waals surface area contributed by atoms with Crippen LogP contribution < -0.4 is 10.1 Å². The van der Waals surface area contributed by atoms with Crippen LogP contribution in [0.25, 0.3) is 16.5 Å². The Hall–Kier alpha value is -3.54. The summed E-state index contributed by atoms with van der Waals surface area (Å²) >= 11 is 0. The fraction of sp³-hybridized carbons (Fsp3) is 0.280. The lowest BCUT2D eigenvalue weighted by atomic mass is 9.98. The number of para-hydroxylation sites is 1. The Balaban J connectivity index is 1.24. The second kappa shape index (κ2) is 9.51. The predicted molar refractivity (Wildman–Crippen MR) is 122 cm³/mol. The fourth-order valence-corrected chi connectivity index (χ4v) is 3.89. The first-order chi connectivity index (χ1) is 15.1. The van der Waals surface area contributed by atoms with Crippen LogP contribution in [0, 0.1) is 0 Å². The minimum Gasteiger partial charge on any atom is -0.497 e. The molecule has 160 valence electrons. The molecule has 0 aliphatic carbocycles. The number of H-pyrrole nitrogens is 1. The Morgan fingerprint density at radius 1 is 1.10 bits per heavy atom. The lowest BCUT2D eigenvalue weighted by Crippen LogP contribution is -2.35. The summed E-state index contributed by atoms with van der Waals surface area (Å²) < 4.78 is 5.13. The number of aromatic nitrogens is 1. The van der Waals surface area contributed by atoms with E-state index < -0.39 is 0 Å². The number of nitrogens with one attached hydrogen (secondary N) is 2. The van der Waals surface area contributed by atoms with E-state index in [4.69, 9.17) is 4.74 Å². The lowest BCUT2D eigenvalue weighted by Gasteiger charge is -2.26. The number of carbonyl (C=O) groups is 2. The van der Waals surface area contributed by atoms with E-state index in [0.29, 0.717) is 19.6 Å². The summed E-state index contributed by atoms with van der Waals surface area (Å²) in [5.41, 5.74) is 4.59. The normalized spacial score (nSPS) is 13.7. The van der Waals surface area contributed by atoms with Crippen molar-refractivity contribution < 1.29 is 14.3 Å². The summed E-state index contributed by atoms with van der Waals surface area (Å²) in [6.07, 6.45) is 5.41. The maximum absolute atomic E-state index is 12.5. The summed E-state index contributed by atoms with van der Waals surface area (Å²) in [6, 6.07) is 15.8. The molecule has 0 spiro atoms. The van der Waals surface area contributed by atoms with Crippen LogP contribution in [0.15, 0.2) is 60.8 Å². The third kappa shape index (κ3) is 4.97. The van der Waals surface area contributed by atoms with E-state index in [2.05, 4.69) is 28.5 Å². The van der Waals surface area contributed by atoms with Crippen LogP contribution in [0.4, 0.5) is 0 Å². The van der Waals surface area contributed by atoms with Gasteiger partial charge in [-0.2, -0.15) is 0 Å². The zero-order valence-corrected chi connectivity index (χ0v) is 17.7. The van der Waals surface area contributed by atoms with E-state index in [1.165, 1.54) is 16.5 Å². The van der Waals surface area contributed by atoms with Crippen LogP contribution in [0.1, 0.15) is 30.4 Å². The van der Waals surface area contributed by atoms with Gasteiger partial charge in [0.25, 0.3) is 0 Å². The first-order valence-electron chi connectivity index (χ1n) is 10.6. The van der Waals surface area contributed by atoms with Crippen molar-refractivity contribution in [3.05, 3.63) is 71.9 Å². The molecule has 2 heterocycles. The van der Waals surface area contributed by atoms with Crippen molar-refractivity contribution in [2.75, 3.05) is 20.2 Å². The molecule has 4 rings (SSSR count). The van der Waals surface area contributed by atoms with E-state index in [9.17, 15) is 9.59 Å². The van der Waals surface area contributed by atoms with E-state index in [1.807, 2.05) is 47.5 Å². The molecule has 6 nitrogen and oxygen atoms in total. The van der Waals surface area contributed by atoms with Gasteiger partial charge in [-0.05, 0) is 35.8 Å². The molecule has 0 bridgehead atoms. The Morgan fingerprint density at radius 3 is 2.65 bits per heavy atom. The highest BCUT2D eigenvalue weighted by Gasteiger charge is 2.20. The van der Waals surface area contributed by atoms with Gasteiger partial charge >= 0.3 is 0 Å². The molecule has 6 heteroatoms. The number of rotatable bonds is 7. The van der Waals surface area contributed by atoms with E-state index in [-0.39, 0.29) is 24.7 Å². The second-order valence-electron chi connectivity index (χ2n) is 7.69. The number of hydrogen-bond donors (Lipinski definition) is 2. The quantitative estimate of drug-likeness (QED) is 0.613. The van der Waals surface area contributed by atoms with Crippen LogP contribution in [0.2, 0.25) is 0 Å². The van der Waals surface area contributed by atoms with Gasteiger partial charge in [-0.15, -0.1) is 0 Å². The van der Waals surface area contributed by atoms with Crippen LogP contribution in [-0.2, 0) is 16.1 Å². The number of hydrogen-bond acceptors (Lipinski definition) is 3. The van der Waals surface area contributed by atoms with Gasteiger partial charge in [0.2, 0.25) is 11.8 Å².